The second-order valence-electron chi connectivity index (χ2n) is 6.28. The summed E-state index contributed by atoms with van der Waals surface area (Å²) in [5.74, 6) is -0.486. The van der Waals surface area contributed by atoms with Gasteiger partial charge in [-0.05, 0) is 51.7 Å². The van der Waals surface area contributed by atoms with Crippen molar-refractivity contribution in [2.45, 2.75) is 52.1 Å². The van der Waals surface area contributed by atoms with Gasteiger partial charge in [-0.3, -0.25) is 5.32 Å². The first-order valence-electron chi connectivity index (χ1n) is 7.74. The molecule has 0 spiro atoms. The van der Waals surface area contributed by atoms with Gasteiger partial charge in [0.05, 0.1) is 12.8 Å². The molecule has 5 nitrogen and oxygen atoms in total. The zero-order valence-corrected chi connectivity index (χ0v) is 14.2. The summed E-state index contributed by atoms with van der Waals surface area (Å²) < 4.78 is 24.7. The Labute approximate surface area is 136 Å². The molecule has 0 atom stereocenters. The molecule has 0 saturated heterocycles. The number of hydrogen-bond acceptors (Lipinski definition) is 4. The number of carbonyl (C=O) groups is 1. The van der Waals surface area contributed by atoms with Crippen molar-refractivity contribution in [1.29, 1.82) is 0 Å². The highest BCUT2D eigenvalue weighted by Crippen LogP contribution is 2.31. The summed E-state index contributed by atoms with van der Waals surface area (Å²) in [5.41, 5.74) is 0.121. The van der Waals surface area contributed by atoms with Gasteiger partial charge in [-0.2, -0.15) is 0 Å². The molecule has 1 amide bonds. The molecule has 23 heavy (non-hydrogen) atoms. The lowest BCUT2D eigenvalue weighted by atomic mass is 10.1. The van der Waals surface area contributed by atoms with Crippen LogP contribution in [0, 0.1) is 5.82 Å². The van der Waals surface area contributed by atoms with Gasteiger partial charge >= 0.3 is 6.09 Å². The minimum Gasteiger partial charge on any atom is -0.492 e. The maximum atomic E-state index is 14.5. The summed E-state index contributed by atoms with van der Waals surface area (Å²) >= 11 is 0. The number of aliphatic hydroxyl groups is 1. The zero-order chi connectivity index (χ0) is 17.5. The highest BCUT2D eigenvalue weighted by atomic mass is 19.1. The molecule has 0 bridgehead atoms. The molecule has 130 valence electrons. The van der Waals surface area contributed by atoms with E-state index in [1.807, 2.05) is 0 Å². The number of carbonyl (C=O) groups excluding carboxylic acids is 1. The maximum Gasteiger partial charge on any atom is 0.412 e. The lowest BCUT2D eigenvalue weighted by Gasteiger charge is -2.20. The maximum absolute atomic E-state index is 14.5. The number of rotatable bonds is 7. The van der Waals surface area contributed by atoms with Crippen molar-refractivity contribution >= 4 is 11.8 Å². The molecule has 2 N–H and O–H groups in total. The monoisotopic (exact) mass is 327 g/mol. The number of hydrogen-bond donors (Lipinski definition) is 2. The number of methoxy groups -OCH3 is 1. The van der Waals surface area contributed by atoms with Crippen LogP contribution in [0.1, 0.15) is 45.6 Å². The van der Waals surface area contributed by atoms with Crippen molar-refractivity contribution < 1.29 is 23.8 Å². The van der Waals surface area contributed by atoms with Crippen LogP contribution in [-0.4, -0.2) is 30.5 Å². The lowest BCUT2D eigenvalue weighted by molar-refractivity contribution is 0.0635. The Kier molecular flexibility index (Phi) is 7.29. The molecule has 0 aliphatic heterocycles. The van der Waals surface area contributed by atoms with Gasteiger partial charge in [0.1, 0.15) is 5.60 Å². The molecule has 0 aliphatic rings. The van der Waals surface area contributed by atoms with E-state index in [1.165, 1.54) is 7.11 Å². The normalized spacial score (nSPS) is 11.2. The third-order valence-corrected chi connectivity index (χ3v) is 3.12. The number of amides is 1. The van der Waals surface area contributed by atoms with Crippen LogP contribution in [0.15, 0.2) is 12.1 Å². The van der Waals surface area contributed by atoms with Crippen LogP contribution in [0.4, 0.5) is 14.9 Å². The summed E-state index contributed by atoms with van der Waals surface area (Å²) in [4.78, 5) is 11.8. The fraction of sp³-hybridized carbons (Fsp3) is 0.588. The van der Waals surface area contributed by atoms with Gasteiger partial charge in [0.15, 0.2) is 11.6 Å². The molecule has 0 heterocycles. The van der Waals surface area contributed by atoms with Gasteiger partial charge in [0.2, 0.25) is 0 Å². The number of nitrogens with one attached hydrogen (secondary N) is 1. The standard InChI is InChI=1S/C17H26FNO4/c1-17(2,3)23-16(21)19-13-10-9-12(8-6-5-7-11-20)14(18)15(13)22-4/h9-10,20H,5-8,11H2,1-4H3,(H,19,21). The van der Waals surface area contributed by atoms with Gasteiger partial charge < -0.3 is 14.6 Å². The third kappa shape index (κ3) is 6.44. The number of anilines is 1. The van der Waals surface area contributed by atoms with Crippen LogP contribution in [-0.2, 0) is 11.2 Å². The van der Waals surface area contributed by atoms with E-state index in [9.17, 15) is 9.18 Å². The number of benzene rings is 1. The van der Waals surface area contributed by atoms with Crippen molar-refractivity contribution in [3.8, 4) is 5.75 Å². The third-order valence-electron chi connectivity index (χ3n) is 3.12. The quantitative estimate of drug-likeness (QED) is 0.746. The first-order valence-corrected chi connectivity index (χ1v) is 7.74. The van der Waals surface area contributed by atoms with E-state index < -0.39 is 17.5 Å². The zero-order valence-electron chi connectivity index (χ0n) is 14.2. The van der Waals surface area contributed by atoms with Gasteiger partial charge in [0.25, 0.3) is 0 Å². The summed E-state index contributed by atoms with van der Waals surface area (Å²) in [6.07, 6.45) is 2.20. The molecule has 0 aliphatic carbocycles. The fourth-order valence-corrected chi connectivity index (χ4v) is 2.11. The van der Waals surface area contributed by atoms with E-state index in [1.54, 1.807) is 32.9 Å². The predicted octanol–water partition coefficient (Wildman–Crippen LogP) is 3.89. The molecular formula is C17H26FNO4. The molecular weight excluding hydrogens is 301 g/mol. The predicted molar refractivity (Wildman–Crippen MR) is 87.4 cm³/mol. The van der Waals surface area contributed by atoms with Gasteiger partial charge in [-0.25, -0.2) is 9.18 Å². The highest BCUT2D eigenvalue weighted by Gasteiger charge is 2.20. The molecule has 1 aromatic carbocycles. The Morgan fingerprint density at radius 1 is 1.26 bits per heavy atom. The number of unbranched alkanes of at least 4 members (excludes halogenated alkanes) is 2. The minimum atomic E-state index is -0.661. The Morgan fingerprint density at radius 2 is 1.96 bits per heavy atom. The minimum absolute atomic E-state index is 0.00415. The Morgan fingerprint density at radius 3 is 2.52 bits per heavy atom. The van der Waals surface area contributed by atoms with Crippen LogP contribution in [0.25, 0.3) is 0 Å². The number of aliphatic hydroxyl groups excluding tert-OH is 1. The van der Waals surface area contributed by atoms with Gasteiger partial charge in [-0.1, -0.05) is 12.5 Å². The van der Waals surface area contributed by atoms with Gasteiger partial charge in [0, 0.05) is 6.61 Å². The van der Waals surface area contributed by atoms with Crippen LogP contribution in [0.2, 0.25) is 0 Å². The smallest absolute Gasteiger partial charge is 0.412 e. The average Bonchev–Trinajstić information content (AvgIpc) is 2.44. The number of ether oxygens (including phenoxy) is 2. The molecule has 1 aromatic rings. The average molecular weight is 327 g/mol. The number of aryl methyl sites for hydroxylation is 1. The first kappa shape index (κ1) is 19.2. The van der Waals surface area contributed by atoms with E-state index in [0.29, 0.717) is 18.4 Å². The molecule has 0 saturated carbocycles. The van der Waals surface area contributed by atoms with Crippen LogP contribution < -0.4 is 10.1 Å². The summed E-state index contributed by atoms with van der Waals surface area (Å²) in [6, 6.07) is 3.23. The summed E-state index contributed by atoms with van der Waals surface area (Å²) in [5, 5.41) is 11.3. The second-order valence-corrected chi connectivity index (χ2v) is 6.28. The van der Waals surface area contributed by atoms with Crippen molar-refractivity contribution in [3.63, 3.8) is 0 Å². The SMILES string of the molecule is COc1c(NC(=O)OC(C)(C)C)ccc(CCCCCO)c1F. The van der Waals surface area contributed by atoms with Crippen molar-refractivity contribution in [3.05, 3.63) is 23.5 Å². The Hall–Kier alpha value is -1.82. The Bertz CT molecular complexity index is 526. The second kappa shape index (κ2) is 8.72. The molecule has 0 aromatic heterocycles. The van der Waals surface area contributed by atoms with E-state index >= 15 is 0 Å². The van der Waals surface area contributed by atoms with Gasteiger partial charge in [-0.15, -0.1) is 0 Å². The van der Waals surface area contributed by atoms with Crippen LogP contribution in [0.3, 0.4) is 0 Å². The Balaban J connectivity index is 2.82. The largest absolute Gasteiger partial charge is 0.492 e. The summed E-state index contributed by atoms with van der Waals surface area (Å²) in [7, 11) is 1.36. The van der Waals surface area contributed by atoms with E-state index in [2.05, 4.69) is 5.32 Å². The lowest BCUT2D eigenvalue weighted by Crippen LogP contribution is -2.27. The van der Waals surface area contributed by atoms with Crippen molar-refractivity contribution in [1.82, 2.24) is 0 Å². The van der Waals surface area contributed by atoms with Crippen LogP contribution >= 0.6 is 0 Å². The highest BCUT2D eigenvalue weighted by molar-refractivity contribution is 5.87. The van der Waals surface area contributed by atoms with E-state index in [4.69, 9.17) is 14.6 Å². The molecule has 6 heteroatoms. The summed E-state index contributed by atoms with van der Waals surface area (Å²) in [6.45, 7) is 5.39. The molecule has 1 rings (SSSR count). The molecule has 0 unspecified atom stereocenters. The number of halogens is 1. The molecule has 0 radical (unpaired) electrons. The fourth-order valence-electron chi connectivity index (χ4n) is 2.11. The molecule has 0 fully saturated rings. The van der Waals surface area contributed by atoms with E-state index in [0.717, 1.165) is 12.8 Å². The first-order chi connectivity index (χ1) is 10.8. The topological polar surface area (TPSA) is 67.8 Å². The van der Waals surface area contributed by atoms with Crippen molar-refractivity contribution in [2.75, 3.05) is 19.0 Å². The van der Waals surface area contributed by atoms with Crippen molar-refractivity contribution in [2.24, 2.45) is 0 Å². The van der Waals surface area contributed by atoms with Crippen LogP contribution in [0.5, 0.6) is 5.75 Å². The van der Waals surface area contributed by atoms with E-state index in [-0.39, 0.29) is 18.0 Å².